The molecule has 70 valence electrons. The summed E-state index contributed by atoms with van der Waals surface area (Å²) < 4.78 is 0. The highest BCUT2D eigenvalue weighted by atomic mass is 17.2. The van der Waals surface area contributed by atoms with Gasteiger partial charge < -0.3 is 10.0 Å². The van der Waals surface area contributed by atoms with Crippen LogP contribution in [0.5, 0.6) is 0 Å². The average Bonchev–Trinajstić information content (AvgIpc) is 2.15. The Kier molecular flexibility index (Phi) is 3.91. The molecule has 0 saturated carbocycles. The Balaban J connectivity index is 2.68. The van der Waals surface area contributed by atoms with Gasteiger partial charge in [-0.15, -0.1) is 0 Å². The molecule has 5 heteroatoms. The predicted molar refractivity (Wildman–Crippen MR) is 48.1 cm³/mol. The maximum Gasteiger partial charge on any atom is 0.488 e. The molecule has 0 aliphatic rings. The van der Waals surface area contributed by atoms with Crippen LogP contribution in [0.3, 0.4) is 0 Å². The number of hydrogen-bond acceptors (Lipinski definition) is 4. The summed E-state index contributed by atoms with van der Waals surface area (Å²) in [5, 5.41) is 17.7. The van der Waals surface area contributed by atoms with Gasteiger partial charge in [0.2, 0.25) is 0 Å². The number of benzene rings is 1. The highest BCUT2D eigenvalue weighted by Crippen LogP contribution is 1.99. The van der Waals surface area contributed by atoms with Crippen LogP contribution in [0.2, 0.25) is 0 Å². The van der Waals surface area contributed by atoms with Gasteiger partial charge in [-0.25, -0.2) is 9.78 Å². The van der Waals surface area contributed by atoms with E-state index in [4.69, 9.17) is 14.9 Å². The van der Waals surface area contributed by atoms with Crippen LogP contribution in [0.25, 0.3) is 0 Å². The van der Waals surface area contributed by atoms with E-state index in [1.54, 1.807) is 18.2 Å². The molecule has 1 aromatic rings. The van der Waals surface area contributed by atoms with E-state index in [9.17, 15) is 0 Å². The summed E-state index contributed by atoms with van der Waals surface area (Å²) in [5.74, 6) is 0. The molecule has 0 aliphatic carbocycles. The monoisotopic (exact) mass is 182 g/mol. The van der Waals surface area contributed by atoms with Gasteiger partial charge in [-0.1, -0.05) is 24.3 Å². The summed E-state index contributed by atoms with van der Waals surface area (Å²) >= 11 is 0. The molecule has 2 N–H and O–H groups in total. The fourth-order valence-corrected chi connectivity index (χ4v) is 0.970. The Morgan fingerprint density at radius 2 is 2.15 bits per heavy atom. The highest BCUT2D eigenvalue weighted by Gasteiger charge is 2.10. The molecule has 0 unspecified atom stereocenters. The molecule has 1 aromatic carbocycles. The maximum atomic E-state index is 8.86. The van der Waals surface area contributed by atoms with Crippen LogP contribution in [0.4, 0.5) is 0 Å². The van der Waals surface area contributed by atoms with Crippen molar-refractivity contribution < 1.29 is 19.8 Å². The van der Waals surface area contributed by atoms with Crippen LogP contribution in [-0.4, -0.2) is 24.3 Å². The van der Waals surface area contributed by atoms with E-state index in [0.29, 0.717) is 5.46 Å². The summed E-state index contributed by atoms with van der Waals surface area (Å²) in [4.78, 5) is 9.11. The van der Waals surface area contributed by atoms with Crippen LogP contribution < -0.4 is 5.46 Å². The Hall–Kier alpha value is -0.875. The van der Waals surface area contributed by atoms with Crippen LogP contribution in [0, 0.1) is 0 Å². The van der Waals surface area contributed by atoms with E-state index in [1.165, 1.54) is 7.11 Å². The molecular formula is C8H11BO4. The topological polar surface area (TPSA) is 58.9 Å². The van der Waals surface area contributed by atoms with Crippen molar-refractivity contribution in [3.8, 4) is 0 Å². The lowest BCUT2D eigenvalue weighted by Crippen LogP contribution is -2.29. The first-order valence-electron chi connectivity index (χ1n) is 3.84. The minimum Gasteiger partial charge on any atom is -0.423 e. The van der Waals surface area contributed by atoms with Crippen molar-refractivity contribution in [2.45, 2.75) is 6.61 Å². The van der Waals surface area contributed by atoms with Crippen molar-refractivity contribution in [3.05, 3.63) is 29.8 Å². The lowest BCUT2D eigenvalue weighted by Gasteiger charge is -2.03. The smallest absolute Gasteiger partial charge is 0.423 e. The Morgan fingerprint density at radius 3 is 2.77 bits per heavy atom. The minimum absolute atomic E-state index is 0.289. The molecular weight excluding hydrogens is 171 g/mol. The molecule has 0 aliphatic heterocycles. The summed E-state index contributed by atoms with van der Waals surface area (Å²) in [5.41, 5.74) is 1.27. The second kappa shape index (κ2) is 4.99. The molecule has 13 heavy (non-hydrogen) atoms. The Labute approximate surface area is 76.8 Å². The molecule has 4 nitrogen and oxygen atoms in total. The van der Waals surface area contributed by atoms with Crippen molar-refractivity contribution >= 4 is 12.6 Å². The predicted octanol–water partition coefficient (Wildman–Crippen LogP) is -0.556. The van der Waals surface area contributed by atoms with E-state index in [-0.39, 0.29) is 6.61 Å². The number of hydrogen-bond donors (Lipinski definition) is 2. The molecule has 0 amide bonds. The van der Waals surface area contributed by atoms with Crippen LogP contribution in [0.15, 0.2) is 24.3 Å². The normalized spacial score (nSPS) is 10.1. The first kappa shape index (κ1) is 10.2. The standard InChI is InChI=1S/C8H11BO4/c1-12-13-6-7-3-2-4-8(5-7)9(10)11/h2-5,10-11H,6H2,1H3. The summed E-state index contributed by atoms with van der Waals surface area (Å²) in [7, 11) is -0.0208. The van der Waals surface area contributed by atoms with Crippen molar-refractivity contribution in [3.63, 3.8) is 0 Å². The molecule has 0 saturated heterocycles. The molecule has 0 heterocycles. The van der Waals surface area contributed by atoms with Crippen molar-refractivity contribution in [1.29, 1.82) is 0 Å². The van der Waals surface area contributed by atoms with E-state index in [0.717, 1.165) is 5.56 Å². The lowest BCUT2D eigenvalue weighted by molar-refractivity contribution is -0.282. The molecule has 1 rings (SSSR count). The van der Waals surface area contributed by atoms with Crippen LogP contribution >= 0.6 is 0 Å². The maximum absolute atomic E-state index is 8.86. The fourth-order valence-electron chi connectivity index (χ4n) is 0.970. The van der Waals surface area contributed by atoms with Crippen molar-refractivity contribution in [1.82, 2.24) is 0 Å². The molecule has 0 atom stereocenters. The minimum atomic E-state index is -1.44. The first-order valence-corrected chi connectivity index (χ1v) is 3.84. The lowest BCUT2D eigenvalue weighted by atomic mass is 9.80. The van der Waals surface area contributed by atoms with Gasteiger partial charge >= 0.3 is 7.12 Å². The van der Waals surface area contributed by atoms with E-state index >= 15 is 0 Å². The van der Waals surface area contributed by atoms with E-state index < -0.39 is 7.12 Å². The third-order valence-corrected chi connectivity index (χ3v) is 1.59. The number of rotatable bonds is 4. The van der Waals surface area contributed by atoms with E-state index in [1.807, 2.05) is 6.07 Å². The van der Waals surface area contributed by atoms with Gasteiger partial charge in [-0.05, 0) is 11.0 Å². The van der Waals surface area contributed by atoms with Crippen molar-refractivity contribution in [2.24, 2.45) is 0 Å². The van der Waals surface area contributed by atoms with Gasteiger partial charge in [-0.3, -0.25) is 0 Å². The fraction of sp³-hybridized carbons (Fsp3) is 0.250. The zero-order chi connectivity index (χ0) is 9.68. The third kappa shape index (κ3) is 3.16. The quantitative estimate of drug-likeness (QED) is 0.372. The van der Waals surface area contributed by atoms with Gasteiger partial charge in [0.05, 0.1) is 7.11 Å². The molecule has 0 fully saturated rings. The second-order valence-corrected chi connectivity index (χ2v) is 2.55. The Bertz CT molecular complexity index is 264. The SMILES string of the molecule is COOCc1cccc(B(O)O)c1. The second-order valence-electron chi connectivity index (χ2n) is 2.55. The van der Waals surface area contributed by atoms with Gasteiger partial charge in [0.15, 0.2) is 0 Å². The van der Waals surface area contributed by atoms with Gasteiger partial charge in [0.1, 0.15) is 6.61 Å². The molecule has 0 aromatic heterocycles. The summed E-state index contributed by atoms with van der Waals surface area (Å²) in [6, 6.07) is 6.80. The Morgan fingerprint density at radius 1 is 1.38 bits per heavy atom. The first-order chi connectivity index (χ1) is 6.24. The summed E-state index contributed by atoms with van der Waals surface area (Å²) in [6.07, 6.45) is 0. The largest absolute Gasteiger partial charge is 0.488 e. The van der Waals surface area contributed by atoms with E-state index in [2.05, 4.69) is 4.89 Å². The highest BCUT2D eigenvalue weighted by molar-refractivity contribution is 6.58. The van der Waals surface area contributed by atoms with Gasteiger partial charge in [0, 0.05) is 0 Å². The molecule has 0 bridgehead atoms. The molecule has 0 spiro atoms. The van der Waals surface area contributed by atoms with Crippen LogP contribution in [0.1, 0.15) is 5.56 Å². The zero-order valence-corrected chi connectivity index (χ0v) is 7.30. The van der Waals surface area contributed by atoms with Gasteiger partial charge in [-0.2, -0.15) is 0 Å². The molecule has 0 radical (unpaired) electrons. The zero-order valence-electron chi connectivity index (χ0n) is 7.30. The van der Waals surface area contributed by atoms with Crippen molar-refractivity contribution in [2.75, 3.05) is 7.11 Å². The van der Waals surface area contributed by atoms with Gasteiger partial charge in [0.25, 0.3) is 0 Å². The summed E-state index contributed by atoms with van der Waals surface area (Å²) in [6.45, 7) is 0.289. The third-order valence-electron chi connectivity index (χ3n) is 1.59. The van der Waals surface area contributed by atoms with Crippen LogP contribution in [-0.2, 0) is 16.4 Å². The average molecular weight is 182 g/mol.